The molecule has 0 aliphatic carbocycles. The molecule has 2 aromatic carbocycles. The van der Waals surface area contributed by atoms with Crippen molar-refractivity contribution in [1.29, 1.82) is 0 Å². The van der Waals surface area contributed by atoms with Gasteiger partial charge in [-0.3, -0.25) is 5.43 Å². The number of hydrogen-bond donors (Lipinski definition) is 1. The van der Waals surface area contributed by atoms with Gasteiger partial charge in [-0.2, -0.15) is 0 Å². The summed E-state index contributed by atoms with van der Waals surface area (Å²) in [5.74, 6) is 0.870. The Bertz CT molecular complexity index is 692. The van der Waals surface area contributed by atoms with Gasteiger partial charge >= 0.3 is 0 Å². The minimum absolute atomic E-state index is 0.847. The summed E-state index contributed by atoms with van der Waals surface area (Å²) in [6.07, 6.45) is 1.56. The minimum Gasteiger partial charge on any atom is -0.276 e. The third-order valence-corrected chi connectivity index (χ3v) is 4.03. The Morgan fingerprint density at radius 1 is 1.05 bits per heavy atom. The van der Waals surface area contributed by atoms with Crippen LogP contribution in [0.5, 0.6) is 0 Å². The van der Waals surface area contributed by atoms with Crippen LogP contribution in [0, 0.1) is 6.92 Å². The summed E-state index contributed by atoms with van der Waals surface area (Å²) in [4.78, 5) is 6.00. The van der Waals surface area contributed by atoms with E-state index < -0.39 is 0 Å². The molecule has 3 rings (SSSR count). The van der Waals surface area contributed by atoms with E-state index in [0.717, 1.165) is 16.6 Å². The van der Waals surface area contributed by atoms with Crippen LogP contribution in [-0.2, 0) is 5.75 Å². The zero-order valence-corrected chi connectivity index (χ0v) is 12.5. The third-order valence-electron chi connectivity index (χ3n) is 3.01. The predicted molar refractivity (Wildman–Crippen MR) is 86.2 cm³/mol. The van der Waals surface area contributed by atoms with Crippen LogP contribution in [0.3, 0.4) is 0 Å². The smallest absolute Gasteiger partial charge is 0.208 e. The van der Waals surface area contributed by atoms with Crippen LogP contribution in [-0.4, -0.2) is 14.9 Å². The van der Waals surface area contributed by atoms with E-state index in [4.69, 9.17) is 0 Å². The van der Waals surface area contributed by atoms with Crippen molar-refractivity contribution in [2.45, 2.75) is 17.8 Å². The Kier molecular flexibility index (Phi) is 4.21. The second kappa shape index (κ2) is 6.45. The Balaban J connectivity index is 1.68. The van der Waals surface area contributed by atoms with Gasteiger partial charge in [0.1, 0.15) is 6.33 Å². The van der Waals surface area contributed by atoms with Crippen LogP contribution < -0.4 is 5.43 Å². The number of rotatable bonds is 5. The van der Waals surface area contributed by atoms with Gasteiger partial charge in [0.25, 0.3) is 0 Å². The van der Waals surface area contributed by atoms with Gasteiger partial charge in [0.15, 0.2) is 0 Å². The van der Waals surface area contributed by atoms with Gasteiger partial charge in [-0.15, -0.1) is 9.89 Å². The summed E-state index contributed by atoms with van der Waals surface area (Å²) in [5, 5.41) is 5.07. The van der Waals surface area contributed by atoms with Crippen molar-refractivity contribution in [1.82, 2.24) is 14.9 Å². The number of hydrogen-bond acceptors (Lipinski definition) is 4. The van der Waals surface area contributed by atoms with Crippen molar-refractivity contribution in [3.05, 3.63) is 72.1 Å². The molecule has 0 atom stereocenters. The van der Waals surface area contributed by atoms with Crippen LogP contribution >= 0.6 is 11.8 Å². The molecule has 106 valence electrons. The first-order valence-electron chi connectivity index (χ1n) is 6.72. The van der Waals surface area contributed by atoms with Crippen LogP contribution in [0.15, 0.2) is 66.1 Å². The zero-order valence-electron chi connectivity index (χ0n) is 11.7. The van der Waals surface area contributed by atoms with E-state index in [1.807, 2.05) is 30.3 Å². The van der Waals surface area contributed by atoms with E-state index in [0.29, 0.717) is 0 Å². The lowest BCUT2D eigenvalue weighted by Gasteiger charge is -2.09. The van der Waals surface area contributed by atoms with Crippen LogP contribution in [0.4, 0.5) is 5.69 Å². The second-order valence-corrected chi connectivity index (χ2v) is 5.65. The lowest BCUT2D eigenvalue weighted by molar-refractivity contribution is 0.718. The Morgan fingerprint density at radius 2 is 1.81 bits per heavy atom. The molecule has 0 spiro atoms. The number of anilines is 1. The molecule has 0 radical (unpaired) electrons. The fourth-order valence-electron chi connectivity index (χ4n) is 1.88. The molecule has 0 aliphatic rings. The topological polar surface area (TPSA) is 42.7 Å². The highest BCUT2D eigenvalue weighted by atomic mass is 32.2. The van der Waals surface area contributed by atoms with Crippen LogP contribution in [0.2, 0.25) is 0 Å². The molecule has 1 N–H and O–H groups in total. The lowest BCUT2D eigenvalue weighted by Crippen LogP contribution is -2.12. The molecule has 4 nitrogen and oxygen atoms in total. The number of nitrogens with zero attached hydrogens (tertiary/aromatic N) is 3. The van der Waals surface area contributed by atoms with Gasteiger partial charge in [-0.1, -0.05) is 59.8 Å². The molecule has 0 amide bonds. The lowest BCUT2D eigenvalue weighted by atomic mass is 10.2. The molecule has 0 bridgehead atoms. The largest absolute Gasteiger partial charge is 0.276 e. The molecular weight excluding hydrogens is 280 g/mol. The zero-order chi connectivity index (χ0) is 14.5. The van der Waals surface area contributed by atoms with Crippen molar-refractivity contribution >= 4 is 17.4 Å². The maximum Gasteiger partial charge on any atom is 0.208 e. The van der Waals surface area contributed by atoms with Gasteiger partial charge in [0.05, 0.1) is 5.69 Å². The average Bonchev–Trinajstić information content (AvgIpc) is 2.96. The van der Waals surface area contributed by atoms with Gasteiger partial charge in [0.2, 0.25) is 5.16 Å². The Morgan fingerprint density at radius 3 is 2.57 bits per heavy atom. The fraction of sp³-hybridized carbons (Fsp3) is 0.125. The number of aryl methyl sites for hydroxylation is 1. The third kappa shape index (κ3) is 3.64. The molecule has 0 saturated carbocycles. The molecule has 1 heterocycles. The summed E-state index contributed by atoms with van der Waals surface area (Å²) < 4.78 is 0. The van der Waals surface area contributed by atoms with Crippen LogP contribution in [0.25, 0.3) is 0 Å². The molecular formula is C16H16N4S. The molecule has 21 heavy (non-hydrogen) atoms. The summed E-state index contributed by atoms with van der Waals surface area (Å²) in [6.45, 7) is 2.07. The SMILES string of the molecule is Cc1ccc(Nn2ncnc2SCc2ccccc2)cc1. The number of nitrogens with one attached hydrogen (secondary N) is 1. The molecule has 0 saturated heterocycles. The quantitative estimate of drug-likeness (QED) is 0.728. The highest BCUT2D eigenvalue weighted by Gasteiger charge is 2.05. The highest BCUT2D eigenvalue weighted by Crippen LogP contribution is 2.20. The first-order chi connectivity index (χ1) is 10.3. The number of benzene rings is 2. The van der Waals surface area contributed by atoms with Crippen molar-refractivity contribution in [3.8, 4) is 0 Å². The maximum atomic E-state index is 4.30. The molecule has 3 aromatic rings. The van der Waals surface area contributed by atoms with Crippen LogP contribution in [0.1, 0.15) is 11.1 Å². The first kappa shape index (κ1) is 13.7. The molecule has 0 aliphatic heterocycles. The van der Waals surface area contributed by atoms with Gasteiger partial charge in [-0.25, -0.2) is 4.98 Å². The van der Waals surface area contributed by atoms with Crippen molar-refractivity contribution < 1.29 is 0 Å². The maximum absolute atomic E-state index is 4.30. The van der Waals surface area contributed by atoms with E-state index in [1.165, 1.54) is 11.1 Å². The number of thioether (sulfide) groups is 1. The van der Waals surface area contributed by atoms with Crippen molar-refractivity contribution in [2.24, 2.45) is 0 Å². The summed E-state index contributed by atoms with van der Waals surface area (Å²) in [5.41, 5.74) is 6.74. The van der Waals surface area contributed by atoms with Crippen molar-refractivity contribution in [2.75, 3.05) is 5.43 Å². The molecule has 5 heteroatoms. The molecule has 1 aromatic heterocycles. The highest BCUT2D eigenvalue weighted by molar-refractivity contribution is 7.98. The molecule has 0 fully saturated rings. The predicted octanol–water partition coefficient (Wildman–Crippen LogP) is 3.75. The van der Waals surface area contributed by atoms with E-state index in [2.05, 4.69) is 46.7 Å². The minimum atomic E-state index is 0.847. The van der Waals surface area contributed by atoms with Gasteiger partial charge < -0.3 is 0 Å². The number of aromatic nitrogens is 3. The average molecular weight is 296 g/mol. The van der Waals surface area contributed by atoms with Crippen molar-refractivity contribution in [3.63, 3.8) is 0 Å². The molecule has 0 unspecified atom stereocenters. The monoisotopic (exact) mass is 296 g/mol. The second-order valence-electron chi connectivity index (χ2n) is 4.71. The van der Waals surface area contributed by atoms with E-state index >= 15 is 0 Å². The summed E-state index contributed by atoms with van der Waals surface area (Å²) in [6, 6.07) is 18.5. The Hall–Kier alpha value is -2.27. The normalized spacial score (nSPS) is 10.5. The first-order valence-corrected chi connectivity index (χ1v) is 7.70. The van der Waals surface area contributed by atoms with Gasteiger partial charge in [0, 0.05) is 5.75 Å². The van der Waals surface area contributed by atoms with Gasteiger partial charge in [-0.05, 0) is 24.6 Å². The fourth-order valence-corrected chi connectivity index (χ4v) is 2.70. The summed E-state index contributed by atoms with van der Waals surface area (Å²) >= 11 is 1.66. The van der Waals surface area contributed by atoms with E-state index in [1.54, 1.807) is 22.9 Å². The van der Waals surface area contributed by atoms with E-state index in [-0.39, 0.29) is 0 Å². The summed E-state index contributed by atoms with van der Waals surface area (Å²) in [7, 11) is 0. The Labute approximate surface area is 128 Å². The standard InChI is InChI=1S/C16H16N4S/c1-13-7-9-15(10-8-13)19-20-16(17-12-18-20)21-11-14-5-3-2-4-6-14/h2-10,12,19H,11H2,1H3. The van der Waals surface area contributed by atoms with E-state index in [9.17, 15) is 0 Å².